The van der Waals surface area contributed by atoms with Crippen molar-refractivity contribution in [2.24, 2.45) is 0 Å². The molecule has 176 valence electrons. The Bertz CT molecular complexity index is 1130. The zero-order chi connectivity index (χ0) is 23.4. The van der Waals surface area contributed by atoms with Crippen LogP contribution in [0.2, 0.25) is 0 Å². The molecule has 0 aromatic heterocycles. The van der Waals surface area contributed by atoms with Gasteiger partial charge in [-0.25, -0.2) is 18.0 Å². The number of ether oxygens (including phenoxy) is 2. The van der Waals surface area contributed by atoms with Crippen LogP contribution in [0.1, 0.15) is 24.0 Å². The van der Waals surface area contributed by atoms with Gasteiger partial charge in [0, 0.05) is 39.0 Å². The third-order valence-corrected chi connectivity index (χ3v) is 7.22. The summed E-state index contributed by atoms with van der Waals surface area (Å²) in [6, 6.07) is 11.9. The molecule has 0 atom stereocenters. The standard InChI is InChI=1S/C23H27N3O6S/c1-31-21-7-6-19(14-20(21)26-22(27)8-9-23(26)28)33(29,30)24-15-17-4-2-3-5-18(17)16-25-10-12-32-13-11-25/h2-7,14,24H,8-13,15-16H2,1H3. The lowest BCUT2D eigenvalue weighted by Gasteiger charge is -2.27. The second kappa shape index (κ2) is 10.0. The van der Waals surface area contributed by atoms with Gasteiger partial charge in [0.1, 0.15) is 5.75 Å². The van der Waals surface area contributed by atoms with E-state index in [0.717, 1.165) is 29.1 Å². The van der Waals surface area contributed by atoms with Gasteiger partial charge in [-0.15, -0.1) is 0 Å². The van der Waals surface area contributed by atoms with Crippen LogP contribution in [0.3, 0.4) is 0 Å². The van der Waals surface area contributed by atoms with Crippen LogP contribution in [-0.4, -0.2) is 58.5 Å². The van der Waals surface area contributed by atoms with Gasteiger partial charge in [0.25, 0.3) is 0 Å². The molecule has 2 saturated heterocycles. The number of imide groups is 1. The van der Waals surface area contributed by atoms with Gasteiger partial charge >= 0.3 is 0 Å². The first-order valence-corrected chi connectivity index (χ1v) is 12.3. The van der Waals surface area contributed by atoms with Crippen LogP contribution in [0.15, 0.2) is 47.4 Å². The highest BCUT2D eigenvalue weighted by Gasteiger charge is 2.33. The SMILES string of the molecule is COc1ccc(S(=O)(=O)NCc2ccccc2CN2CCOCC2)cc1N1C(=O)CCC1=O. The average Bonchev–Trinajstić information content (AvgIpc) is 3.16. The smallest absolute Gasteiger partial charge is 0.240 e. The Morgan fingerprint density at radius 3 is 2.33 bits per heavy atom. The predicted molar refractivity (Wildman–Crippen MR) is 121 cm³/mol. The number of morpholine rings is 1. The van der Waals surface area contributed by atoms with E-state index in [0.29, 0.717) is 19.8 Å². The molecule has 0 radical (unpaired) electrons. The van der Waals surface area contributed by atoms with Crippen LogP contribution in [-0.2, 0) is 37.4 Å². The van der Waals surface area contributed by atoms with Gasteiger partial charge in [-0.2, -0.15) is 0 Å². The van der Waals surface area contributed by atoms with E-state index in [-0.39, 0.29) is 47.5 Å². The summed E-state index contributed by atoms with van der Waals surface area (Å²) in [5.41, 5.74) is 2.07. The Balaban J connectivity index is 1.54. The zero-order valence-corrected chi connectivity index (χ0v) is 19.3. The molecular formula is C23H27N3O6S. The van der Waals surface area contributed by atoms with E-state index in [2.05, 4.69) is 9.62 Å². The molecule has 2 fully saturated rings. The molecule has 2 heterocycles. The molecule has 9 nitrogen and oxygen atoms in total. The van der Waals surface area contributed by atoms with Crippen molar-refractivity contribution >= 4 is 27.5 Å². The maximum atomic E-state index is 13.1. The van der Waals surface area contributed by atoms with E-state index in [1.165, 1.54) is 25.3 Å². The summed E-state index contributed by atoms with van der Waals surface area (Å²) < 4.78 is 39.4. The fraction of sp³-hybridized carbons (Fsp3) is 0.391. The number of nitrogens with zero attached hydrogens (tertiary/aromatic N) is 2. The summed E-state index contributed by atoms with van der Waals surface area (Å²) in [7, 11) is -2.50. The molecular weight excluding hydrogens is 446 g/mol. The molecule has 0 unspecified atom stereocenters. The molecule has 0 saturated carbocycles. The molecule has 2 amide bonds. The van der Waals surface area contributed by atoms with Gasteiger partial charge in [-0.3, -0.25) is 14.5 Å². The maximum Gasteiger partial charge on any atom is 0.240 e. The van der Waals surface area contributed by atoms with Gasteiger partial charge in [-0.05, 0) is 29.3 Å². The van der Waals surface area contributed by atoms with Crippen molar-refractivity contribution in [3.05, 3.63) is 53.6 Å². The number of methoxy groups -OCH3 is 1. The number of amides is 2. The molecule has 0 spiro atoms. The van der Waals surface area contributed by atoms with Gasteiger partial charge in [0.05, 0.1) is 30.9 Å². The number of carbonyl (C=O) groups excluding carboxylic acids is 2. The maximum absolute atomic E-state index is 13.1. The number of sulfonamides is 1. The highest BCUT2D eigenvalue weighted by atomic mass is 32.2. The highest BCUT2D eigenvalue weighted by molar-refractivity contribution is 7.89. The fourth-order valence-electron chi connectivity index (χ4n) is 4.00. The lowest BCUT2D eigenvalue weighted by atomic mass is 10.1. The van der Waals surface area contributed by atoms with E-state index in [1.54, 1.807) is 0 Å². The normalized spacial score (nSPS) is 17.5. The lowest BCUT2D eigenvalue weighted by molar-refractivity contribution is -0.121. The molecule has 1 N–H and O–H groups in total. The second-order valence-electron chi connectivity index (χ2n) is 7.94. The number of hydrogen-bond donors (Lipinski definition) is 1. The monoisotopic (exact) mass is 473 g/mol. The summed E-state index contributed by atoms with van der Waals surface area (Å²) >= 11 is 0. The van der Waals surface area contributed by atoms with Gasteiger partial charge in [-0.1, -0.05) is 24.3 Å². The molecule has 2 aliphatic heterocycles. The Morgan fingerprint density at radius 2 is 1.67 bits per heavy atom. The number of hydrogen-bond acceptors (Lipinski definition) is 7. The van der Waals surface area contributed by atoms with E-state index in [1.807, 2.05) is 24.3 Å². The van der Waals surface area contributed by atoms with E-state index >= 15 is 0 Å². The first-order valence-electron chi connectivity index (χ1n) is 10.8. The molecule has 0 aliphatic carbocycles. The van der Waals surface area contributed by atoms with Crippen molar-refractivity contribution in [3.63, 3.8) is 0 Å². The minimum absolute atomic E-state index is 0.0449. The van der Waals surface area contributed by atoms with Crippen LogP contribution in [0, 0.1) is 0 Å². The van der Waals surface area contributed by atoms with Crippen LogP contribution >= 0.6 is 0 Å². The second-order valence-corrected chi connectivity index (χ2v) is 9.71. The summed E-state index contributed by atoms with van der Waals surface area (Å²) in [6.45, 7) is 3.89. The Kier molecular flexibility index (Phi) is 7.08. The van der Waals surface area contributed by atoms with Crippen LogP contribution < -0.4 is 14.4 Å². The number of rotatable bonds is 8. The van der Waals surface area contributed by atoms with Crippen molar-refractivity contribution in [1.82, 2.24) is 9.62 Å². The Morgan fingerprint density at radius 1 is 1.00 bits per heavy atom. The van der Waals surface area contributed by atoms with Crippen molar-refractivity contribution < 1.29 is 27.5 Å². The Hall–Kier alpha value is -2.79. The Labute approximate surface area is 193 Å². The largest absolute Gasteiger partial charge is 0.495 e. The van der Waals surface area contributed by atoms with E-state index in [4.69, 9.17) is 9.47 Å². The average molecular weight is 474 g/mol. The molecule has 2 aliphatic rings. The quantitative estimate of drug-likeness (QED) is 0.582. The molecule has 2 aromatic carbocycles. The first kappa shape index (κ1) is 23.4. The summed E-state index contributed by atoms with van der Waals surface area (Å²) in [4.78, 5) is 27.6. The van der Waals surface area contributed by atoms with Crippen molar-refractivity contribution in [3.8, 4) is 5.75 Å². The van der Waals surface area contributed by atoms with Gasteiger partial charge in [0.15, 0.2) is 0 Å². The van der Waals surface area contributed by atoms with E-state index < -0.39 is 10.0 Å². The van der Waals surface area contributed by atoms with Crippen molar-refractivity contribution in [2.75, 3.05) is 38.3 Å². The van der Waals surface area contributed by atoms with Crippen LogP contribution in [0.25, 0.3) is 0 Å². The van der Waals surface area contributed by atoms with Crippen molar-refractivity contribution in [1.29, 1.82) is 0 Å². The number of anilines is 1. The predicted octanol–water partition coefficient (Wildman–Crippen LogP) is 1.66. The summed E-state index contributed by atoms with van der Waals surface area (Å²) in [5.74, 6) is -0.496. The zero-order valence-electron chi connectivity index (χ0n) is 18.5. The van der Waals surface area contributed by atoms with Crippen molar-refractivity contribution in [2.45, 2.75) is 30.8 Å². The van der Waals surface area contributed by atoms with Crippen LogP contribution in [0.5, 0.6) is 5.75 Å². The fourth-order valence-corrected chi connectivity index (χ4v) is 5.02. The molecule has 2 aromatic rings. The highest BCUT2D eigenvalue weighted by Crippen LogP contribution is 2.34. The molecule has 33 heavy (non-hydrogen) atoms. The third kappa shape index (κ3) is 5.25. The third-order valence-electron chi connectivity index (χ3n) is 5.82. The minimum Gasteiger partial charge on any atom is -0.495 e. The first-order chi connectivity index (χ1) is 15.9. The summed E-state index contributed by atoms with van der Waals surface area (Å²) in [5, 5.41) is 0. The molecule has 4 rings (SSSR count). The molecule has 10 heteroatoms. The van der Waals surface area contributed by atoms with Gasteiger partial charge < -0.3 is 9.47 Å². The molecule has 0 bridgehead atoms. The summed E-state index contributed by atoms with van der Waals surface area (Å²) in [6.07, 6.45) is 0.189. The van der Waals surface area contributed by atoms with Crippen LogP contribution in [0.4, 0.5) is 5.69 Å². The number of carbonyl (C=O) groups is 2. The topological polar surface area (TPSA) is 105 Å². The minimum atomic E-state index is -3.91. The number of benzene rings is 2. The lowest BCUT2D eigenvalue weighted by Crippen LogP contribution is -2.36. The number of nitrogens with one attached hydrogen (secondary N) is 1. The van der Waals surface area contributed by atoms with Gasteiger partial charge in [0.2, 0.25) is 21.8 Å². The van der Waals surface area contributed by atoms with E-state index in [9.17, 15) is 18.0 Å².